The summed E-state index contributed by atoms with van der Waals surface area (Å²) in [6.45, 7) is 0. The van der Waals surface area contributed by atoms with Crippen LogP contribution in [0.3, 0.4) is 0 Å². The molecule has 0 bridgehead atoms. The van der Waals surface area contributed by atoms with Gasteiger partial charge in [0.2, 0.25) is 11.4 Å². The highest BCUT2D eigenvalue weighted by molar-refractivity contribution is 7.80. The monoisotopic (exact) mass is 314 g/mol. The van der Waals surface area contributed by atoms with Crippen LogP contribution in [0.1, 0.15) is 11.1 Å². The van der Waals surface area contributed by atoms with Crippen LogP contribution in [-0.2, 0) is 11.4 Å². The van der Waals surface area contributed by atoms with Gasteiger partial charge in [-0.3, -0.25) is 0 Å². The Labute approximate surface area is 135 Å². The molecule has 0 spiro atoms. The van der Waals surface area contributed by atoms with E-state index < -0.39 is 11.4 Å². The number of hydrogen-bond acceptors (Lipinski definition) is 3. The van der Waals surface area contributed by atoms with Crippen molar-refractivity contribution in [2.45, 2.75) is 11.4 Å². The van der Waals surface area contributed by atoms with Crippen LogP contribution in [0.25, 0.3) is 0 Å². The summed E-state index contributed by atoms with van der Waals surface area (Å²) in [4.78, 5) is 3.06. The largest absolute Gasteiger partial charge is 0.363 e. The van der Waals surface area contributed by atoms with E-state index in [-0.39, 0.29) is 0 Å². The fraction of sp³-hybridized carbons (Fsp3) is 0.235. The summed E-state index contributed by atoms with van der Waals surface area (Å²) in [5.41, 5.74) is -2.20. The van der Waals surface area contributed by atoms with Gasteiger partial charge >= 0.3 is 0 Å². The lowest BCUT2D eigenvalue weighted by Crippen LogP contribution is -2.56. The van der Waals surface area contributed by atoms with E-state index in [1.807, 2.05) is 36.4 Å². The van der Waals surface area contributed by atoms with E-state index in [4.69, 9.17) is 12.2 Å². The molecule has 1 saturated heterocycles. The van der Waals surface area contributed by atoms with E-state index in [9.17, 15) is 10.2 Å². The molecule has 4 nitrogen and oxygen atoms in total. The predicted molar refractivity (Wildman–Crippen MR) is 88.8 cm³/mol. The molecule has 0 radical (unpaired) electrons. The SMILES string of the molecule is CN1C(=S)N(C)C(O)(c2ccccc2)C1(O)c1ccccc1. The Hall–Kier alpha value is -1.95. The molecule has 3 rings (SSSR count). The van der Waals surface area contributed by atoms with Gasteiger partial charge in [-0.25, -0.2) is 0 Å². The smallest absolute Gasteiger partial charge is 0.220 e. The first-order valence-electron chi connectivity index (χ1n) is 7.01. The van der Waals surface area contributed by atoms with Crippen molar-refractivity contribution in [1.29, 1.82) is 0 Å². The van der Waals surface area contributed by atoms with Crippen molar-refractivity contribution in [2.24, 2.45) is 0 Å². The molecule has 0 aliphatic carbocycles. The second-order valence-electron chi connectivity index (χ2n) is 5.48. The summed E-state index contributed by atoms with van der Waals surface area (Å²) in [6.07, 6.45) is 0. The summed E-state index contributed by atoms with van der Waals surface area (Å²) in [5.74, 6) is 0. The van der Waals surface area contributed by atoms with Crippen molar-refractivity contribution in [3.63, 3.8) is 0 Å². The van der Waals surface area contributed by atoms with Gasteiger partial charge in [-0.05, 0) is 12.2 Å². The van der Waals surface area contributed by atoms with Crippen LogP contribution in [0.5, 0.6) is 0 Å². The number of rotatable bonds is 2. The molecule has 2 unspecified atom stereocenters. The quantitative estimate of drug-likeness (QED) is 0.828. The number of hydrogen-bond donors (Lipinski definition) is 2. The average Bonchev–Trinajstić information content (AvgIpc) is 2.71. The number of aliphatic hydroxyl groups is 2. The third kappa shape index (κ3) is 1.73. The van der Waals surface area contributed by atoms with E-state index in [1.54, 1.807) is 38.4 Å². The first-order chi connectivity index (χ1) is 10.4. The Morgan fingerprint density at radius 1 is 0.727 bits per heavy atom. The molecule has 0 saturated carbocycles. The van der Waals surface area contributed by atoms with Crippen LogP contribution in [0, 0.1) is 0 Å². The second-order valence-corrected chi connectivity index (χ2v) is 5.84. The maximum absolute atomic E-state index is 11.5. The Balaban J connectivity index is 2.28. The topological polar surface area (TPSA) is 46.9 Å². The normalized spacial score (nSPS) is 28.3. The average molecular weight is 314 g/mol. The van der Waals surface area contributed by atoms with Crippen molar-refractivity contribution in [3.05, 3.63) is 71.8 Å². The molecule has 1 aliphatic rings. The van der Waals surface area contributed by atoms with Gasteiger partial charge in [0.05, 0.1) is 0 Å². The molecule has 1 heterocycles. The fourth-order valence-electron chi connectivity index (χ4n) is 3.10. The van der Waals surface area contributed by atoms with Gasteiger partial charge in [-0.1, -0.05) is 60.7 Å². The molecular formula is C17H18N2O2S. The maximum Gasteiger partial charge on any atom is 0.220 e. The molecule has 2 N–H and O–H groups in total. The highest BCUT2D eigenvalue weighted by Crippen LogP contribution is 2.49. The van der Waals surface area contributed by atoms with E-state index in [1.165, 1.54) is 9.80 Å². The van der Waals surface area contributed by atoms with Gasteiger partial charge in [-0.2, -0.15) is 0 Å². The van der Waals surface area contributed by atoms with Crippen molar-refractivity contribution in [3.8, 4) is 0 Å². The van der Waals surface area contributed by atoms with Gasteiger partial charge in [0.25, 0.3) is 0 Å². The van der Waals surface area contributed by atoms with Crippen molar-refractivity contribution < 1.29 is 10.2 Å². The Morgan fingerprint density at radius 3 is 1.36 bits per heavy atom. The predicted octanol–water partition coefficient (Wildman–Crippen LogP) is 1.84. The van der Waals surface area contributed by atoms with Crippen molar-refractivity contribution >= 4 is 17.3 Å². The summed E-state index contributed by atoms with van der Waals surface area (Å²) < 4.78 is 0. The van der Waals surface area contributed by atoms with Gasteiger partial charge < -0.3 is 20.0 Å². The molecule has 1 fully saturated rings. The number of likely N-dealkylation sites (N-methyl/N-ethyl adjacent to an activating group) is 2. The lowest BCUT2D eigenvalue weighted by Gasteiger charge is -2.42. The van der Waals surface area contributed by atoms with Gasteiger partial charge in [0.15, 0.2) is 5.11 Å². The maximum atomic E-state index is 11.5. The zero-order valence-electron chi connectivity index (χ0n) is 12.5. The highest BCUT2D eigenvalue weighted by Gasteiger charge is 2.64. The lowest BCUT2D eigenvalue weighted by atomic mass is 9.86. The molecule has 0 aromatic heterocycles. The molecule has 2 aromatic rings. The van der Waals surface area contributed by atoms with Crippen molar-refractivity contribution in [1.82, 2.24) is 9.80 Å². The van der Waals surface area contributed by atoms with E-state index >= 15 is 0 Å². The van der Waals surface area contributed by atoms with Crippen LogP contribution in [0.2, 0.25) is 0 Å². The molecule has 2 aromatic carbocycles. The molecular weight excluding hydrogens is 296 g/mol. The molecule has 114 valence electrons. The standard InChI is InChI=1S/C17H18N2O2S/c1-18-15(22)19(2)17(21,14-11-7-4-8-12-14)16(18,20)13-9-5-3-6-10-13/h3-12,20-21H,1-2H3. The summed E-state index contributed by atoms with van der Waals surface area (Å²) >= 11 is 5.39. The van der Waals surface area contributed by atoms with E-state index in [0.29, 0.717) is 16.2 Å². The molecule has 5 heteroatoms. The third-order valence-corrected chi connectivity index (χ3v) is 4.93. The Morgan fingerprint density at radius 2 is 1.05 bits per heavy atom. The minimum Gasteiger partial charge on any atom is -0.363 e. The van der Waals surface area contributed by atoms with Crippen LogP contribution >= 0.6 is 12.2 Å². The van der Waals surface area contributed by atoms with E-state index in [0.717, 1.165) is 0 Å². The van der Waals surface area contributed by atoms with Crippen LogP contribution in [0.15, 0.2) is 60.7 Å². The summed E-state index contributed by atoms with van der Waals surface area (Å²) in [6, 6.07) is 18.2. The zero-order valence-corrected chi connectivity index (χ0v) is 13.3. The van der Waals surface area contributed by atoms with Gasteiger partial charge in [0, 0.05) is 25.2 Å². The number of nitrogens with zero attached hydrogens (tertiary/aromatic N) is 2. The van der Waals surface area contributed by atoms with Crippen molar-refractivity contribution in [2.75, 3.05) is 14.1 Å². The molecule has 2 atom stereocenters. The van der Waals surface area contributed by atoms with Crippen LogP contribution in [0.4, 0.5) is 0 Å². The fourth-order valence-corrected chi connectivity index (χ4v) is 3.36. The summed E-state index contributed by atoms with van der Waals surface area (Å²) in [5, 5.41) is 23.4. The minimum absolute atomic E-state index is 0.373. The first kappa shape index (κ1) is 15.0. The molecule has 1 aliphatic heterocycles. The zero-order chi connectivity index (χ0) is 16.0. The second kappa shape index (κ2) is 5.05. The summed E-state index contributed by atoms with van der Waals surface area (Å²) in [7, 11) is 3.37. The molecule has 22 heavy (non-hydrogen) atoms. The van der Waals surface area contributed by atoms with Crippen LogP contribution < -0.4 is 0 Å². The first-order valence-corrected chi connectivity index (χ1v) is 7.42. The Bertz CT molecular complexity index is 635. The van der Waals surface area contributed by atoms with Gasteiger partial charge in [-0.15, -0.1) is 0 Å². The third-order valence-electron chi connectivity index (χ3n) is 4.38. The highest BCUT2D eigenvalue weighted by atomic mass is 32.1. The lowest BCUT2D eigenvalue weighted by molar-refractivity contribution is -0.237. The minimum atomic E-state index is -1.68. The number of benzene rings is 2. The number of thiocarbonyl (C=S) groups is 1. The van der Waals surface area contributed by atoms with Gasteiger partial charge in [0.1, 0.15) is 0 Å². The van der Waals surface area contributed by atoms with E-state index in [2.05, 4.69) is 0 Å². The molecule has 0 amide bonds. The Kier molecular flexibility index (Phi) is 3.44. The van der Waals surface area contributed by atoms with Crippen LogP contribution in [-0.4, -0.2) is 39.2 Å².